The molecule has 0 aromatic heterocycles. The normalized spacial score (nSPS) is 44.6. The van der Waals surface area contributed by atoms with E-state index in [-0.39, 0.29) is 0 Å². The van der Waals surface area contributed by atoms with Crippen molar-refractivity contribution in [3.63, 3.8) is 0 Å². The van der Waals surface area contributed by atoms with Crippen molar-refractivity contribution < 1.29 is 5.21 Å². The maximum atomic E-state index is 9.19. The maximum Gasteiger partial charge on any atom is 0.0760 e. The Balaban J connectivity index is 2.02. The van der Waals surface area contributed by atoms with Crippen LogP contribution in [0.25, 0.3) is 0 Å². The summed E-state index contributed by atoms with van der Waals surface area (Å²) >= 11 is 0. The van der Waals surface area contributed by atoms with Crippen molar-refractivity contribution in [2.24, 2.45) is 16.0 Å². The Bertz CT molecular complexity index is 337. The van der Waals surface area contributed by atoms with Crippen LogP contribution in [0.3, 0.4) is 0 Å². The highest BCUT2D eigenvalue weighted by Gasteiger charge is 2.60. The van der Waals surface area contributed by atoms with Crippen LogP contribution in [0.15, 0.2) is 5.16 Å². The minimum absolute atomic E-state index is 0.394. The summed E-state index contributed by atoms with van der Waals surface area (Å²) in [6, 6.07) is 0.440. The molecule has 3 fully saturated rings. The molecule has 0 bridgehead atoms. The van der Waals surface area contributed by atoms with E-state index < -0.39 is 0 Å². The molecule has 90 valence electrons. The molecule has 0 amide bonds. The molecule has 0 aromatic rings. The van der Waals surface area contributed by atoms with Crippen molar-refractivity contribution in [2.45, 2.75) is 52.0 Å². The molecule has 16 heavy (non-hydrogen) atoms. The molecule has 3 aliphatic rings. The molecule has 0 aromatic carbocycles. The van der Waals surface area contributed by atoms with Gasteiger partial charge in [-0.2, -0.15) is 0 Å². The van der Waals surface area contributed by atoms with Gasteiger partial charge in [-0.25, -0.2) is 0 Å². The summed E-state index contributed by atoms with van der Waals surface area (Å²) < 4.78 is 0. The maximum absolute atomic E-state index is 9.19. The zero-order valence-corrected chi connectivity index (χ0v) is 10.4. The molecule has 2 aliphatic heterocycles. The van der Waals surface area contributed by atoms with E-state index in [2.05, 4.69) is 23.9 Å². The predicted molar refractivity (Wildman–Crippen MR) is 63.9 cm³/mol. The highest BCUT2D eigenvalue weighted by Crippen LogP contribution is 2.61. The van der Waals surface area contributed by atoms with Gasteiger partial charge in [0.25, 0.3) is 0 Å². The first kappa shape index (κ1) is 10.6. The Morgan fingerprint density at radius 2 is 2.06 bits per heavy atom. The lowest BCUT2D eigenvalue weighted by atomic mass is 9.62. The van der Waals surface area contributed by atoms with E-state index >= 15 is 0 Å². The smallest absolute Gasteiger partial charge is 0.0760 e. The fourth-order valence-electron chi connectivity index (χ4n) is 4.63. The largest absolute Gasteiger partial charge is 0.411 e. The fraction of sp³-hybridized carbons (Fsp3) is 0.923. The SMILES string of the molecule is CC1(C)CCCC12CCN1CCC(=NO)C12. The number of hydrogen-bond acceptors (Lipinski definition) is 3. The summed E-state index contributed by atoms with van der Waals surface area (Å²) in [6.07, 6.45) is 6.26. The van der Waals surface area contributed by atoms with Crippen LogP contribution in [-0.4, -0.2) is 35.0 Å². The second-order valence-corrected chi connectivity index (χ2v) is 6.42. The summed E-state index contributed by atoms with van der Waals surface area (Å²) in [5, 5.41) is 12.8. The molecule has 1 saturated carbocycles. The molecule has 3 nitrogen and oxygen atoms in total. The molecule has 2 heterocycles. The summed E-state index contributed by atoms with van der Waals surface area (Å²) in [4.78, 5) is 2.54. The van der Waals surface area contributed by atoms with Crippen molar-refractivity contribution in [3.8, 4) is 0 Å². The van der Waals surface area contributed by atoms with Gasteiger partial charge in [0.15, 0.2) is 0 Å². The minimum Gasteiger partial charge on any atom is -0.411 e. The van der Waals surface area contributed by atoms with Crippen molar-refractivity contribution >= 4 is 5.71 Å². The van der Waals surface area contributed by atoms with Gasteiger partial charge in [0.2, 0.25) is 0 Å². The van der Waals surface area contributed by atoms with Gasteiger partial charge in [-0.05, 0) is 36.6 Å². The van der Waals surface area contributed by atoms with E-state index in [1.54, 1.807) is 0 Å². The monoisotopic (exact) mass is 222 g/mol. The average Bonchev–Trinajstić information content (AvgIpc) is 2.85. The lowest BCUT2D eigenvalue weighted by Crippen LogP contribution is -2.46. The summed E-state index contributed by atoms with van der Waals surface area (Å²) in [5.74, 6) is 0. The van der Waals surface area contributed by atoms with Crippen molar-refractivity contribution in [2.75, 3.05) is 13.1 Å². The van der Waals surface area contributed by atoms with Crippen LogP contribution in [0.2, 0.25) is 0 Å². The summed E-state index contributed by atoms with van der Waals surface area (Å²) in [6.45, 7) is 7.13. The Hall–Kier alpha value is -0.570. The van der Waals surface area contributed by atoms with Crippen LogP contribution in [0, 0.1) is 10.8 Å². The molecule has 1 N–H and O–H groups in total. The lowest BCUT2D eigenvalue weighted by Gasteiger charge is -2.43. The molecule has 1 aliphatic carbocycles. The third-order valence-electron chi connectivity index (χ3n) is 5.61. The van der Waals surface area contributed by atoms with Crippen LogP contribution < -0.4 is 0 Å². The number of nitrogens with zero attached hydrogens (tertiary/aromatic N) is 2. The first-order valence-electron chi connectivity index (χ1n) is 6.56. The molecular weight excluding hydrogens is 200 g/mol. The Kier molecular flexibility index (Phi) is 2.13. The predicted octanol–water partition coefficient (Wildman–Crippen LogP) is 2.49. The Morgan fingerprint density at radius 1 is 1.25 bits per heavy atom. The molecule has 3 rings (SSSR count). The molecule has 2 unspecified atom stereocenters. The number of rotatable bonds is 0. The second kappa shape index (κ2) is 3.22. The van der Waals surface area contributed by atoms with Gasteiger partial charge >= 0.3 is 0 Å². The van der Waals surface area contributed by atoms with Gasteiger partial charge in [-0.3, -0.25) is 4.90 Å². The first-order chi connectivity index (χ1) is 7.61. The molecular formula is C13H22N2O. The fourth-order valence-corrected chi connectivity index (χ4v) is 4.63. The zero-order valence-electron chi connectivity index (χ0n) is 10.4. The van der Waals surface area contributed by atoms with Gasteiger partial charge in [0, 0.05) is 13.0 Å². The van der Waals surface area contributed by atoms with Crippen LogP contribution >= 0.6 is 0 Å². The van der Waals surface area contributed by atoms with Gasteiger partial charge in [0.05, 0.1) is 11.8 Å². The Morgan fingerprint density at radius 3 is 2.69 bits per heavy atom. The van der Waals surface area contributed by atoms with Gasteiger partial charge in [-0.15, -0.1) is 0 Å². The quantitative estimate of drug-likeness (QED) is 0.505. The summed E-state index contributed by atoms with van der Waals surface area (Å²) in [5.41, 5.74) is 1.85. The highest BCUT2D eigenvalue weighted by molar-refractivity contribution is 5.92. The van der Waals surface area contributed by atoms with Crippen molar-refractivity contribution in [1.29, 1.82) is 0 Å². The molecule has 3 heteroatoms. The standard InChI is InChI=1S/C13H22N2O/c1-12(2)5-3-6-13(12)7-9-15-8-4-10(14-16)11(13)15/h11,16H,3-9H2,1-2H3. The second-order valence-electron chi connectivity index (χ2n) is 6.42. The van der Waals surface area contributed by atoms with E-state index in [0.29, 0.717) is 16.9 Å². The molecule has 1 spiro atoms. The number of hydrogen-bond donors (Lipinski definition) is 1. The third-order valence-corrected chi connectivity index (χ3v) is 5.61. The van der Waals surface area contributed by atoms with Crippen molar-refractivity contribution in [1.82, 2.24) is 4.90 Å². The number of oxime groups is 1. The van der Waals surface area contributed by atoms with Crippen LogP contribution in [0.1, 0.15) is 46.0 Å². The highest BCUT2D eigenvalue weighted by atomic mass is 16.4. The van der Waals surface area contributed by atoms with E-state index in [9.17, 15) is 5.21 Å². The van der Waals surface area contributed by atoms with E-state index in [1.807, 2.05) is 0 Å². The molecule has 2 saturated heterocycles. The minimum atomic E-state index is 0.394. The van der Waals surface area contributed by atoms with E-state index in [0.717, 1.165) is 18.7 Å². The van der Waals surface area contributed by atoms with Gasteiger partial charge in [0.1, 0.15) is 0 Å². The first-order valence-corrected chi connectivity index (χ1v) is 6.56. The van der Waals surface area contributed by atoms with Gasteiger partial charge in [-0.1, -0.05) is 25.4 Å². The third kappa shape index (κ3) is 1.10. The topological polar surface area (TPSA) is 35.8 Å². The average molecular weight is 222 g/mol. The van der Waals surface area contributed by atoms with Crippen LogP contribution in [-0.2, 0) is 0 Å². The molecule has 0 radical (unpaired) electrons. The zero-order chi connectivity index (χ0) is 11.4. The lowest BCUT2D eigenvalue weighted by molar-refractivity contribution is 0.0944. The van der Waals surface area contributed by atoms with E-state index in [4.69, 9.17) is 0 Å². The Labute approximate surface area is 97.5 Å². The summed E-state index contributed by atoms with van der Waals surface area (Å²) in [7, 11) is 0. The van der Waals surface area contributed by atoms with Gasteiger partial charge < -0.3 is 5.21 Å². The molecule has 2 atom stereocenters. The van der Waals surface area contributed by atoms with Crippen LogP contribution in [0.4, 0.5) is 0 Å². The van der Waals surface area contributed by atoms with Crippen LogP contribution in [0.5, 0.6) is 0 Å². The van der Waals surface area contributed by atoms with Crippen molar-refractivity contribution in [3.05, 3.63) is 0 Å². The van der Waals surface area contributed by atoms with E-state index in [1.165, 1.54) is 32.2 Å². The number of fused-ring (bicyclic) bond motifs is 2.